The van der Waals surface area contributed by atoms with Gasteiger partial charge in [-0.2, -0.15) is 5.10 Å². The molecular weight excluding hydrogens is 230 g/mol. The number of hydrogen-bond donors (Lipinski definition) is 2. The third kappa shape index (κ3) is 3.84. The van der Waals surface area contributed by atoms with Gasteiger partial charge in [0.25, 0.3) is 0 Å². The summed E-state index contributed by atoms with van der Waals surface area (Å²) in [6.07, 6.45) is 1.14. The Balaban J connectivity index is 2.54. The number of rotatable bonds is 6. The quantitative estimate of drug-likeness (QED) is 0.804. The lowest BCUT2D eigenvalue weighted by Crippen LogP contribution is -2.37. The zero-order valence-electron chi connectivity index (χ0n) is 11.6. The van der Waals surface area contributed by atoms with E-state index in [9.17, 15) is 9.90 Å². The van der Waals surface area contributed by atoms with Gasteiger partial charge in [0.2, 0.25) is 5.91 Å². The molecule has 1 aromatic heterocycles. The van der Waals surface area contributed by atoms with Gasteiger partial charge in [-0.05, 0) is 33.3 Å². The topological polar surface area (TPSA) is 67.2 Å². The molecule has 5 nitrogen and oxygen atoms in total. The van der Waals surface area contributed by atoms with Crippen LogP contribution in [0.25, 0.3) is 0 Å². The minimum atomic E-state index is -0.466. The molecule has 2 atom stereocenters. The number of aliphatic hydroxyl groups is 1. The molecule has 0 aliphatic carbocycles. The van der Waals surface area contributed by atoms with E-state index in [-0.39, 0.29) is 11.9 Å². The van der Waals surface area contributed by atoms with Crippen LogP contribution >= 0.6 is 0 Å². The third-order valence-corrected chi connectivity index (χ3v) is 2.92. The van der Waals surface area contributed by atoms with Crippen molar-refractivity contribution in [2.24, 2.45) is 0 Å². The zero-order valence-corrected chi connectivity index (χ0v) is 11.6. The highest BCUT2D eigenvalue weighted by Gasteiger charge is 2.18. The minimum absolute atomic E-state index is 0.114. The normalized spacial score (nSPS) is 14.3. The summed E-state index contributed by atoms with van der Waals surface area (Å²) in [5.74, 6) is -0.114. The molecule has 1 amide bonds. The van der Waals surface area contributed by atoms with E-state index in [0.717, 1.165) is 17.8 Å². The second-order valence-corrected chi connectivity index (χ2v) is 4.74. The van der Waals surface area contributed by atoms with Gasteiger partial charge in [-0.3, -0.25) is 9.48 Å². The van der Waals surface area contributed by atoms with Crippen LogP contribution in [0.15, 0.2) is 6.07 Å². The van der Waals surface area contributed by atoms with E-state index >= 15 is 0 Å². The molecule has 5 heteroatoms. The van der Waals surface area contributed by atoms with E-state index < -0.39 is 6.10 Å². The highest BCUT2D eigenvalue weighted by atomic mass is 16.3. The van der Waals surface area contributed by atoms with Crippen LogP contribution in [0.2, 0.25) is 0 Å². The molecule has 0 saturated heterocycles. The lowest BCUT2D eigenvalue weighted by Gasteiger charge is -2.16. The number of amides is 1. The summed E-state index contributed by atoms with van der Waals surface area (Å²) >= 11 is 0. The zero-order chi connectivity index (χ0) is 13.7. The van der Waals surface area contributed by atoms with Crippen LogP contribution < -0.4 is 5.32 Å². The fraction of sp³-hybridized carbons (Fsp3) is 0.692. The Morgan fingerprint density at radius 1 is 1.56 bits per heavy atom. The molecule has 0 spiro atoms. The average Bonchev–Trinajstić information content (AvgIpc) is 2.64. The molecule has 0 radical (unpaired) electrons. The maximum Gasteiger partial charge on any atom is 0.244 e. The Bertz CT molecular complexity index is 401. The predicted molar refractivity (Wildman–Crippen MR) is 70.3 cm³/mol. The molecule has 1 aromatic rings. The van der Waals surface area contributed by atoms with Gasteiger partial charge in [0.05, 0.1) is 11.8 Å². The summed E-state index contributed by atoms with van der Waals surface area (Å²) in [6, 6.07) is 1.59. The highest BCUT2D eigenvalue weighted by molar-refractivity contribution is 5.79. The predicted octanol–water partition coefficient (Wildman–Crippen LogP) is 1.34. The fourth-order valence-corrected chi connectivity index (χ4v) is 1.95. The molecule has 2 N–H and O–H groups in total. The summed E-state index contributed by atoms with van der Waals surface area (Å²) in [7, 11) is 0. The number of nitrogens with zero attached hydrogens (tertiary/aromatic N) is 2. The monoisotopic (exact) mass is 253 g/mol. The highest BCUT2D eigenvalue weighted by Crippen LogP contribution is 2.10. The second-order valence-electron chi connectivity index (χ2n) is 4.74. The number of aromatic nitrogens is 2. The summed E-state index contributed by atoms with van der Waals surface area (Å²) in [6.45, 7) is 7.94. The molecule has 1 rings (SSSR count). The average molecular weight is 253 g/mol. The van der Waals surface area contributed by atoms with Gasteiger partial charge in [0, 0.05) is 12.2 Å². The van der Waals surface area contributed by atoms with Crippen LogP contribution in [0.3, 0.4) is 0 Å². The van der Waals surface area contributed by atoms with E-state index in [2.05, 4.69) is 10.4 Å². The standard InChI is InChI=1S/C13H23N3O2/c1-5-6-12(17)8-14-13(18)11(4)16-10(3)7-9(2)15-16/h7,11-12,17H,5-6,8H2,1-4H3,(H,14,18). The van der Waals surface area contributed by atoms with Crippen molar-refractivity contribution in [2.45, 2.75) is 52.7 Å². The van der Waals surface area contributed by atoms with Crippen molar-refractivity contribution in [1.82, 2.24) is 15.1 Å². The Labute approximate surface area is 108 Å². The van der Waals surface area contributed by atoms with E-state index in [1.807, 2.05) is 26.8 Å². The first-order valence-electron chi connectivity index (χ1n) is 6.44. The van der Waals surface area contributed by atoms with Crippen LogP contribution in [-0.4, -0.2) is 33.4 Å². The van der Waals surface area contributed by atoms with Crippen LogP contribution in [0.1, 0.15) is 44.1 Å². The Hall–Kier alpha value is -1.36. The lowest BCUT2D eigenvalue weighted by atomic mass is 10.2. The SMILES string of the molecule is CCCC(O)CNC(=O)C(C)n1nc(C)cc1C. The maximum absolute atomic E-state index is 11.9. The number of nitrogens with one attached hydrogen (secondary N) is 1. The van der Waals surface area contributed by atoms with Gasteiger partial charge in [0.1, 0.15) is 6.04 Å². The summed E-state index contributed by atoms with van der Waals surface area (Å²) < 4.78 is 1.71. The lowest BCUT2D eigenvalue weighted by molar-refractivity contribution is -0.124. The number of carbonyl (C=O) groups excluding carboxylic acids is 1. The van der Waals surface area contributed by atoms with Crippen molar-refractivity contribution < 1.29 is 9.90 Å². The van der Waals surface area contributed by atoms with Gasteiger partial charge in [-0.25, -0.2) is 0 Å². The van der Waals surface area contributed by atoms with Gasteiger partial charge in [-0.1, -0.05) is 13.3 Å². The van der Waals surface area contributed by atoms with E-state index in [1.165, 1.54) is 0 Å². The van der Waals surface area contributed by atoms with Crippen molar-refractivity contribution in [1.29, 1.82) is 0 Å². The smallest absolute Gasteiger partial charge is 0.244 e. The molecule has 0 bridgehead atoms. The number of carbonyl (C=O) groups is 1. The fourth-order valence-electron chi connectivity index (χ4n) is 1.95. The van der Waals surface area contributed by atoms with Gasteiger partial charge in [0.15, 0.2) is 0 Å². The van der Waals surface area contributed by atoms with Crippen molar-refractivity contribution in [3.8, 4) is 0 Å². The largest absolute Gasteiger partial charge is 0.391 e. The van der Waals surface area contributed by atoms with Crippen molar-refractivity contribution in [3.05, 3.63) is 17.5 Å². The molecule has 102 valence electrons. The molecule has 1 heterocycles. The summed E-state index contributed by atoms with van der Waals surface area (Å²) in [4.78, 5) is 11.9. The van der Waals surface area contributed by atoms with Crippen LogP contribution in [0, 0.1) is 13.8 Å². The maximum atomic E-state index is 11.9. The molecular formula is C13H23N3O2. The van der Waals surface area contributed by atoms with E-state index in [4.69, 9.17) is 0 Å². The Morgan fingerprint density at radius 2 is 2.22 bits per heavy atom. The van der Waals surface area contributed by atoms with E-state index in [0.29, 0.717) is 13.0 Å². The molecule has 2 unspecified atom stereocenters. The second kappa shape index (κ2) is 6.54. The van der Waals surface area contributed by atoms with Gasteiger partial charge < -0.3 is 10.4 Å². The number of hydrogen-bond acceptors (Lipinski definition) is 3. The molecule has 0 aromatic carbocycles. The minimum Gasteiger partial charge on any atom is -0.391 e. The molecule has 18 heavy (non-hydrogen) atoms. The van der Waals surface area contributed by atoms with Gasteiger partial charge in [-0.15, -0.1) is 0 Å². The molecule has 0 fully saturated rings. The van der Waals surface area contributed by atoms with E-state index in [1.54, 1.807) is 11.6 Å². The van der Waals surface area contributed by atoms with Crippen molar-refractivity contribution in [2.75, 3.05) is 6.54 Å². The summed E-state index contributed by atoms with van der Waals surface area (Å²) in [5, 5.41) is 16.6. The van der Waals surface area contributed by atoms with Gasteiger partial charge >= 0.3 is 0 Å². The van der Waals surface area contributed by atoms with Crippen LogP contribution in [-0.2, 0) is 4.79 Å². The Kier molecular flexibility index (Phi) is 5.34. The Morgan fingerprint density at radius 3 is 2.72 bits per heavy atom. The molecule has 0 saturated carbocycles. The first-order valence-corrected chi connectivity index (χ1v) is 6.44. The van der Waals surface area contributed by atoms with Crippen LogP contribution in [0.5, 0.6) is 0 Å². The van der Waals surface area contributed by atoms with Crippen molar-refractivity contribution in [3.63, 3.8) is 0 Å². The number of aliphatic hydroxyl groups excluding tert-OH is 1. The molecule has 0 aliphatic heterocycles. The number of aryl methyl sites for hydroxylation is 2. The third-order valence-electron chi connectivity index (χ3n) is 2.92. The molecule has 0 aliphatic rings. The first-order chi connectivity index (χ1) is 8.45. The van der Waals surface area contributed by atoms with Crippen molar-refractivity contribution >= 4 is 5.91 Å². The summed E-state index contributed by atoms with van der Waals surface area (Å²) in [5.41, 5.74) is 1.86. The first kappa shape index (κ1) is 14.7. The van der Waals surface area contributed by atoms with Crippen LogP contribution in [0.4, 0.5) is 0 Å².